The first-order chi connectivity index (χ1) is 16.1. The standard InChI is InChI=1S/C22H26N2O8S2/c1-23-18(27)21(34-4)10-20(29)14(26)9-8-12(25)16(20)32-24(21)19(28)22(23)17(33-3)11-6-5-7-13(30-2)15(11)31-22/h5-9,12,14,16-17,25-26,29H,10H2,1-4H3. The molecule has 0 radical (unpaired) electrons. The number of amides is 2. The maximum absolute atomic E-state index is 14.3. The number of benzene rings is 1. The summed E-state index contributed by atoms with van der Waals surface area (Å²) in [4.78, 5) is 33.8. The number of piperazine rings is 1. The third-order valence-electron chi connectivity index (χ3n) is 7.20. The van der Waals surface area contributed by atoms with E-state index in [1.165, 1.54) is 43.0 Å². The molecular weight excluding hydrogens is 484 g/mol. The maximum atomic E-state index is 14.3. The zero-order chi connectivity index (χ0) is 24.6. The number of aliphatic hydroxyl groups excluding tert-OH is 2. The molecule has 0 bridgehead atoms. The number of fused-ring (bicyclic) bond motifs is 3. The molecule has 3 heterocycles. The predicted molar refractivity (Wildman–Crippen MR) is 124 cm³/mol. The number of carbonyl (C=O) groups excluding carboxylic acids is 2. The zero-order valence-corrected chi connectivity index (χ0v) is 20.6. The van der Waals surface area contributed by atoms with E-state index >= 15 is 0 Å². The van der Waals surface area contributed by atoms with Crippen molar-refractivity contribution in [2.45, 2.75) is 46.2 Å². The Bertz CT molecular complexity index is 1090. The Morgan fingerprint density at radius 2 is 1.91 bits per heavy atom. The highest BCUT2D eigenvalue weighted by Crippen LogP contribution is 2.60. The van der Waals surface area contributed by atoms with Crippen molar-refractivity contribution in [3.63, 3.8) is 0 Å². The molecule has 0 saturated carbocycles. The molecule has 12 heteroatoms. The molecular formula is C22H26N2O8S2. The number of aliphatic hydroxyl groups is 3. The Labute approximate surface area is 204 Å². The van der Waals surface area contributed by atoms with Crippen LogP contribution in [0.4, 0.5) is 0 Å². The lowest BCUT2D eigenvalue weighted by atomic mass is 9.75. The van der Waals surface area contributed by atoms with Gasteiger partial charge in [-0.05, 0) is 18.6 Å². The maximum Gasteiger partial charge on any atom is 0.315 e. The van der Waals surface area contributed by atoms with E-state index in [2.05, 4.69) is 0 Å². The highest BCUT2D eigenvalue weighted by Gasteiger charge is 2.74. The fourth-order valence-corrected chi connectivity index (χ4v) is 7.44. The average molecular weight is 511 g/mol. The molecule has 0 aromatic heterocycles. The van der Waals surface area contributed by atoms with Crippen LogP contribution in [-0.2, 0) is 14.4 Å². The SMILES string of the molecule is COc1cccc2c1OC1(C(=O)N3OC4C(O)C=CC(O)C4(O)CC3(SC)C(=O)N1C)C2SC. The highest BCUT2D eigenvalue weighted by atomic mass is 32.2. The second kappa shape index (κ2) is 7.77. The van der Waals surface area contributed by atoms with Gasteiger partial charge in [-0.2, -0.15) is 16.8 Å². The van der Waals surface area contributed by atoms with Gasteiger partial charge >= 0.3 is 5.91 Å². The molecule has 2 saturated heterocycles. The van der Waals surface area contributed by atoms with E-state index in [0.29, 0.717) is 17.1 Å². The highest BCUT2D eigenvalue weighted by molar-refractivity contribution is 8.00. The first-order valence-corrected chi connectivity index (χ1v) is 13.1. The molecule has 1 aromatic rings. The minimum atomic E-state index is -1.99. The van der Waals surface area contributed by atoms with E-state index in [1.807, 2.05) is 12.3 Å². The second-order valence-electron chi connectivity index (χ2n) is 8.76. The fraction of sp³-hybridized carbons (Fsp3) is 0.545. The lowest BCUT2D eigenvalue weighted by molar-refractivity contribution is -0.338. The summed E-state index contributed by atoms with van der Waals surface area (Å²) < 4.78 is 11.7. The van der Waals surface area contributed by atoms with E-state index in [4.69, 9.17) is 14.3 Å². The minimum absolute atomic E-state index is 0.348. The Morgan fingerprint density at radius 3 is 2.56 bits per heavy atom. The summed E-state index contributed by atoms with van der Waals surface area (Å²) in [5.74, 6) is -0.402. The Morgan fingerprint density at radius 1 is 1.18 bits per heavy atom. The smallest absolute Gasteiger partial charge is 0.315 e. The molecule has 7 atom stereocenters. The molecule has 1 aliphatic carbocycles. The number of hydrogen-bond donors (Lipinski definition) is 3. The quantitative estimate of drug-likeness (QED) is 0.488. The van der Waals surface area contributed by atoms with Gasteiger partial charge in [0.15, 0.2) is 16.4 Å². The third-order valence-corrected chi connectivity index (χ3v) is 9.41. The molecule has 10 nitrogen and oxygen atoms in total. The summed E-state index contributed by atoms with van der Waals surface area (Å²) in [6, 6.07) is 5.31. The summed E-state index contributed by atoms with van der Waals surface area (Å²) in [5.41, 5.74) is -3.08. The van der Waals surface area contributed by atoms with Crippen molar-refractivity contribution in [1.82, 2.24) is 9.96 Å². The molecule has 2 fully saturated rings. The topological polar surface area (TPSA) is 129 Å². The number of rotatable bonds is 3. The van der Waals surface area contributed by atoms with E-state index in [1.54, 1.807) is 18.4 Å². The van der Waals surface area contributed by atoms with Crippen LogP contribution >= 0.6 is 23.5 Å². The number of para-hydroxylation sites is 1. The third kappa shape index (κ3) is 2.69. The van der Waals surface area contributed by atoms with Crippen LogP contribution in [0.5, 0.6) is 11.5 Å². The van der Waals surface area contributed by atoms with E-state index in [-0.39, 0.29) is 6.42 Å². The van der Waals surface area contributed by atoms with Gasteiger partial charge in [-0.3, -0.25) is 19.3 Å². The van der Waals surface area contributed by atoms with Crippen molar-refractivity contribution in [3.8, 4) is 11.5 Å². The van der Waals surface area contributed by atoms with Crippen LogP contribution in [0.2, 0.25) is 0 Å². The molecule has 1 aromatic carbocycles. The number of nitrogens with zero attached hydrogens (tertiary/aromatic N) is 2. The first kappa shape index (κ1) is 23.8. The molecule has 3 aliphatic heterocycles. The Hall–Kier alpha value is -1.96. The molecule has 34 heavy (non-hydrogen) atoms. The second-order valence-corrected chi connectivity index (χ2v) is 10.8. The monoisotopic (exact) mass is 510 g/mol. The molecule has 7 unspecified atom stereocenters. The normalized spacial score (nSPS) is 40.7. The van der Waals surface area contributed by atoms with Crippen molar-refractivity contribution in [1.29, 1.82) is 0 Å². The number of methoxy groups -OCH3 is 1. The van der Waals surface area contributed by atoms with Crippen molar-refractivity contribution in [3.05, 3.63) is 35.9 Å². The number of likely N-dealkylation sites (N-methyl/N-ethyl adjacent to an activating group) is 1. The number of thioether (sulfide) groups is 2. The van der Waals surface area contributed by atoms with Crippen LogP contribution in [-0.4, -0.2) is 98.3 Å². The zero-order valence-electron chi connectivity index (χ0n) is 19.0. The molecule has 1 spiro atoms. The van der Waals surface area contributed by atoms with Gasteiger partial charge in [0, 0.05) is 19.0 Å². The number of carbonyl (C=O) groups is 2. The molecule has 4 aliphatic rings. The van der Waals surface area contributed by atoms with E-state index < -0.39 is 51.6 Å². The predicted octanol–water partition coefficient (Wildman–Crippen LogP) is 0.274. The van der Waals surface area contributed by atoms with Gasteiger partial charge in [0.2, 0.25) is 0 Å². The lowest BCUT2D eigenvalue weighted by Gasteiger charge is -2.60. The van der Waals surface area contributed by atoms with E-state index in [0.717, 1.165) is 16.8 Å². The van der Waals surface area contributed by atoms with Crippen LogP contribution in [0.3, 0.4) is 0 Å². The first-order valence-electron chi connectivity index (χ1n) is 10.6. The van der Waals surface area contributed by atoms with Crippen molar-refractivity contribution in [2.24, 2.45) is 0 Å². The number of hydroxylamine groups is 2. The molecule has 5 rings (SSSR count). The van der Waals surface area contributed by atoms with Crippen molar-refractivity contribution >= 4 is 35.3 Å². The van der Waals surface area contributed by atoms with Crippen LogP contribution < -0.4 is 9.47 Å². The van der Waals surface area contributed by atoms with Crippen LogP contribution in [0.15, 0.2) is 30.4 Å². The summed E-state index contributed by atoms with van der Waals surface area (Å²) in [6.07, 6.45) is 1.59. The van der Waals surface area contributed by atoms with Crippen LogP contribution in [0, 0.1) is 0 Å². The van der Waals surface area contributed by atoms with Gasteiger partial charge in [0.05, 0.1) is 7.11 Å². The van der Waals surface area contributed by atoms with Crippen molar-refractivity contribution in [2.75, 3.05) is 26.7 Å². The fourth-order valence-electron chi connectivity index (χ4n) is 5.40. The van der Waals surface area contributed by atoms with Gasteiger partial charge in [-0.15, -0.1) is 11.8 Å². The van der Waals surface area contributed by atoms with Crippen molar-refractivity contribution < 1.29 is 39.2 Å². The van der Waals surface area contributed by atoms with Crippen LogP contribution in [0.1, 0.15) is 17.2 Å². The molecule has 184 valence electrons. The van der Waals surface area contributed by atoms with Gasteiger partial charge < -0.3 is 24.8 Å². The Kier molecular flexibility index (Phi) is 5.43. The minimum Gasteiger partial charge on any atom is -0.493 e. The summed E-state index contributed by atoms with van der Waals surface area (Å²) >= 11 is 2.36. The lowest BCUT2D eigenvalue weighted by Crippen LogP contribution is -2.82. The Balaban J connectivity index is 1.66. The van der Waals surface area contributed by atoms with Gasteiger partial charge in [0.1, 0.15) is 29.2 Å². The summed E-state index contributed by atoms with van der Waals surface area (Å²) in [6.45, 7) is 0. The van der Waals surface area contributed by atoms with Gasteiger partial charge in [0.25, 0.3) is 11.6 Å². The van der Waals surface area contributed by atoms with E-state index in [9.17, 15) is 24.9 Å². The summed E-state index contributed by atoms with van der Waals surface area (Å²) in [5, 5.41) is 32.8. The number of hydrogen-bond acceptors (Lipinski definition) is 10. The largest absolute Gasteiger partial charge is 0.493 e. The summed E-state index contributed by atoms with van der Waals surface area (Å²) in [7, 11) is 2.98. The average Bonchev–Trinajstić information content (AvgIpc) is 3.19. The number of ether oxygens (including phenoxy) is 2. The molecule has 3 N–H and O–H groups in total. The van der Waals surface area contributed by atoms with Gasteiger partial charge in [-0.1, -0.05) is 24.3 Å². The van der Waals surface area contributed by atoms with Crippen LogP contribution in [0.25, 0.3) is 0 Å². The van der Waals surface area contributed by atoms with Gasteiger partial charge in [-0.25, -0.2) is 0 Å². The molecule has 2 amide bonds.